The molecule has 2 aromatic heterocycles. The Morgan fingerprint density at radius 3 is 2.55 bits per heavy atom. The van der Waals surface area contributed by atoms with Crippen molar-refractivity contribution in [2.45, 2.75) is 27.7 Å². The summed E-state index contributed by atoms with van der Waals surface area (Å²) < 4.78 is 6.25. The SMILES string of the molecule is CCOC(=O)c1sc2ncn(/N=C\c3ccc(N(CC)CC)cc3)c(=O)c2c1C. The molecule has 0 unspecified atom stereocenters. The predicted octanol–water partition coefficient (Wildman–Crippen LogP) is 3.67. The summed E-state index contributed by atoms with van der Waals surface area (Å²) in [6.07, 6.45) is 2.99. The lowest BCUT2D eigenvalue weighted by Gasteiger charge is -2.20. The van der Waals surface area contributed by atoms with E-state index in [2.05, 4.69) is 28.8 Å². The predicted molar refractivity (Wildman–Crippen MR) is 118 cm³/mol. The van der Waals surface area contributed by atoms with Crippen molar-refractivity contribution in [3.8, 4) is 0 Å². The Morgan fingerprint density at radius 1 is 1.24 bits per heavy atom. The number of thiophene rings is 1. The lowest BCUT2D eigenvalue weighted by molar-refractivity contribution is 0.0531. The van der Waals surface area contributed by atoms with Crippen LogP contribution in [0.2, 0.25) is 0 Å². The Hall–Kier alpha value is -3.00. The molecule has 8 heteroatoms. The summed E-state index contributed by atoms with van der Waals surface area (Å²) in [6.45, 7) is 9.88. The molecule has 29 heavy (non-hydrogen) atoms. The summed E-state index contributed by atoms with van der Waals surface area (Å²) in [6, 6.07) is 7.99. The van der Waals surface area contributed by atoms with Gasteiger partial charge in [-0.15, -0.1) is 11.3 Å². The lowest BCUT2D eigenvalue weighted by atomic mass is 10.2. The molecule has 3 rings (SSSR count). The number of anilines is 1. The fraction of sp³-hybridized carbons (Fsp3) is 0.333. The smallest absolute Gasteiger partial charge is 0.348 e. The van der Waals surface area contributed by atoms with E-state index in [-0.39, 0.29) is 12.2 Å². The van der Waals surface area contributed by atoms with Gasteiger partial charge in [-0.2, -0.15) is 9.78 Å². The summed E-state index contributed by atoms with van der Waals surface area (Å²) in [5, 5.41) is 4.66. The van der Waals surface area contributed by atoms with Crippen LogP contribution in [0, 0.1) is 6.92 Å². The number of esters is 1. The van der Waals surface area contributed by atoms with Gasteiger partial charge in [0.2, 0.25) is 0 Å². The van der Waals surface area contributed by atoms with E-state index in [0.29, 0.717) is 20.7 Å². The van der Waals surface area contributed by atoms with E-state index in [0.717, 1.165) is 35.7 Å². The van der Waals surface area contributed by atoms with Crippen LogP contribution >= 0.6 is 11.3 Å². The highest BCUT2D eigenvalue weighted by atomic mass is 32.1. The van der Waals surface area contributed by atoms with E-state index in [4.69, 9.17) is 4.74 Å². The third-order valence-corrected chi connectivity index (χ3v) is 5.83. The standard InChI is InChI=1S/C21H24N4O3S/c1-5-24(6-2)16-10-8-15(9-11-16)12-23-25-13-22-19-17(20(25)26)14(4)18(29-19)21(27)28-7-3/h8-13H,5-7H2,1-4H3/b23-12-. The van der Waals surface area contributed by atoms with E-state index >= 15 is 0 Å². The van der Waals surface area contributed by atoms with Crippen LogP contribution in [-0.4, -0.2) is 41.5 Å². The fourth-order valence-corrected chi connectivity index (χ4v) is 4.11. The van der Waals surface area contributed by atoms with Crippen molar-refractivity contribution in [2.75, 3.05) is 24.6 Å². The Kier molecular flexibility index (Phi) is 6.43. The van der Waals surface area contributed by atoms with Gasteiger partial charge in [-0.25, -0.2) is 9.78 Å². The number of carbonyl (C=O) groups is 1. The van der Waals surface area contributed by atoms with E-state index < -0.39 is 5.97 Å². The molecule has 0 atom stereocenters. The zero-order valence-electron chi connectivity index (χ0n) is 17.0. The molecule has 1 aromatic carbocycles. The minimum Gasteiger partial charge on any atom is -0.462 e. The highest BCUT2D eigenvalue weighted by Gasteiger charge is 2.20. The maximum atomic E-state index is 12.8. The summed E-state index contributed by atoms with van der Waals surface area (Å²) in [4.78, 5) is 32.4. The van der Waals surface area contributed by atoms with Crippen molar-refractivity contribution >= 4 is 39.4 Å². The van der Waals surface area contributed by atoms with Crippen LogP contribution in [0.4, 0.5) is 5.69 Å². The van der Waals surface area contributed by atoms with Crippen LogP contribution in [0.25, 0.3) is 10.2 Å². The van der Waals surface area contributed by atoms with Crippen molar-refractivity contribution in [1.82, 2.24) is 9.66 Å². The minimum absolute atomic E-state index is 0.279. The number of hydrogen-bond donors (Lipinski definition) is 0. The Bertz CT molecular complexity index is 1100. The summed E-state index contributed by atoms with van der Waals surface area (Å²) in [5.74, 6) is -0.434. The second kappa shape index (κ2) is 9.00. The first-order chi connectivity index (χ1) is 14.0. The van der Waals surface area contributed by atoms with Crippen LogP contribution in [0.5, 0.6) is 0 Å². The molecule has 0 N–H and O–H groups in total. The third-order valence-electron chi connectivity index (χ3n) is 4.65. The van der Waals surface area contributed by atoms with Crippen LogP contribution in [0.15, 0.2) is 40.5 Å². The molecule has 3 aromatic rings. The molecule has 0 aliphatic rings. The second-order valence-corrected chi connectivity index (χ2v) is 7.36. The number of aromatic nitrogens is 2. The van der Waals surface area contributed by atoms with Gasteiger partial charge >= 0.3 is 5.97 Å². The zero-order valence-corrected chi connectivity index (χ0v) is 17.8. The number of fused-ring (bicyclic) bond motifs is 1. The van der Waals surface area contributed by atoms with Gasteiger partial charge in [0.15, 0.2) is 0 Å². The van der Waals surface area contributed by atoms with Gasteiger partial charge in [0.05, 0.1) is 18.2 Å². The number of nitrogens with zero attached hydrogens (tertiary/aromatic N) is 4. The largest absolute Gasteiger partial charge is 0.462 e. The first-order valence-electron chi connectivity index (χ1n) is 9.57. The molecule has 0 fully saturated rings. The van der Waals surface area contributed by atoms with E-state index in [1.807, 2.05) is 24.3 Å². The molecule has 0 amide bonds. The van der Waals surface area contributed by atoms with Crippen molar-refractivity contribution in [3.63, 3.8) is 0 Å². The number of benzene rings is 1. The highest BCUT2D eigenvalue weighted by molar-refractivity contribution is 7.20. The fourth-order valence-electron chi connectivity index (χ4n) is 3.08. The minimum atomic E-state index is -0.434. The number of ether oxygens (including phenoxy) is 1. The number of hydrogen-bond acceptors (Lipinski definition) is 7. The number of rotatable bonds is 7. The third kappa shape index (κ3) is 4.22. The maximum Gasteiger partial charge on any atom is 0.348 e. The Balaban J connectivity index is 1.90. The highest BCUT2D eigenvalue weighted by Crippen LogP contribution is 2.27. The number of aryl methyl sites for hydroxylation is 1. The van der Waals surface area contributed by atoms with Gasteiger partial charge in [-0.05, 0) is 51.0 Å². The summed E-state index contributed by atoms with van der Waals surface area (Å²) in [7, 11) is 0. The van der Waals surface area contributed by atoms with E-state index in [1.54, 1.807) is 20.1 Å². The average molecular weight is 413 g/mol. The summed E-state index contributed by atoms with van der Waals surface area (Å²) in [5.41, 5.74) is 2.29. The molecule has 152 valence electrons. The molecule has 0 saturated carbocycles. The van der Waals surface area contributed by atoms with Gasteiger partial charge in [0, 0.05) is 18.8 Å². The van der Waals surface area contributed by atoms with Gasteiger partial charge in [0.1, 0.15) is 16.0 Å². The molecule has 0 aliphatic carbocycles. The normalized spacial score (nSPS) is 11.3. The van der Waals surface area contributed by atoms with Crippen LogP contribution in [-0.2, 0) is 4.74 Å². The van der Waals surface area contributed by atoms with Crippen LogP contribution in [0.1, 0.15) is 41.6 Å². The Labute approximate surface area is 173 Å². The Morgan fingerprint density at radius 2 is 1.93 bits per heavy atom. The summed E-state index contributed by atoms with van der Waals surface area (Å²) >= 11 is 1.16. The monoisotopic (exact) mass is 412 g/mol. The quantitative estimate of drug-likeness (QED) is 0.437. The van der Waals surface area contributed by atoms with E-state index in [1.165, 1.54) is 11.0 Å². The molecule has 7 nitrogen and oxygen atoms in total. The molecule has 0 aliphatic heterocycles. The first-order valence-corrected chi connectivity index (χ1v) is 10.4. The van der Waals surface area contributed by atoms with Crippen molar-refractivity contribution in [1.29, 1.82) is 0 Å². The molecule has 0 bridgehead atoms. The zero-order chi connectivity index (χ0) is 21.0. The second-order valence-electron chi connectivity index (χ2n) is 6.36. The van der Waals surface area contributed by atoms with Crippen molar-refractivity contribution in [3.05, 3.63) is 57.0 Å². The molecular formula is C21H24N4O3S. The van der Waals surface area contributed by atoms with E-state index in [9.17, 15) is 9.59 Å². The van der Waals surface area contributed by atoms with Gasteiger partial charge < -0.3 is 9.64 Å². The first kappa shape index (κ1) is 20.7. The van der Waals surface area contributed by atoms with Gasteiger partial charge in [-0.1, -0.05) is 12.1 Å². The lowest BCUT2D eigenvalue weighted by Crippen LogP contribution is -2.21. The molecule has 0 radical (unpaired) electrons. The average Bonchev–Trinajstić information content (AvgIpc) is 3.07. The number of carbonyl (C=O) groups excluding carboxylic acids is 1. The molecule has 0 spiro atoms. The van der Waals surface area contributed by atoms with Gasteiger partial charge in [-0.3, -0.25) is 4.79 Å². The maximum absolute atomic E-state index is 12.8. The molecule has 0 saturated heterocycles. The van der Waals surface area contributed by atoms with Crippen molar-refractivity contribution < 1.29 is 9.53 Å². The van der Waals surface area contributed by atoms with Gasteiger partial charge in [0.25, 0.3) is 5.56 Å². The van der Waals surface area contributed by atoms with Crippen LogP contribution in [0.3, 0.4) is 0 Å². The van der Waals surface area contributed by atoms with Crippen LogP contribution < -0.4 is 10.5 Å². The van der Waals surface area contributed by atoms with Crippen molar-refractivity contribution in [2.24, 2.45) is 5.10 Å². The topological polar surface area (TPSA) is 76.8 Å². The molecule has 2 heterocycles. The molecular weight excluding hydrogens is 388 g/mol.